The van der Waals surface area contributed by atoms with E-state index in [0.717, 1.165) is 35.5 Å². The summed E-state index contributed by atoms with van der Waals surface area (Å²) in [5.41, 5.74) is 2.92. The monoisotopic (exact) mass is 282 g/mol. The lowest BCUT2D eigenvalue weighted by Crippen LogP contribution is -2.06. The van der Waals surface area contributed by atoms with Gasteiger partial charge in [0.2, 0.25) is 5.95 Å². The molecule has 21 heavy (non-hydrogen) atoms. The van der Waals surface area contributed by atoms with E-state index in [1.165, 1.54) is 5.56 Å². The first-order valence-corrected chi connectivity index (χ1v) is 7.05. The summed E-state index contributed by atoms with van der Waals surface area (Å²) in [6.45, 7) is 5.00. The number of hydrogen-bond donors (Lipinski definition) is 3. The summed E-state index contributed by atoms with van der Waals surface area (Å²) in [4.78, 5) is 8.95. The molecule has 6 heteroatoms. The lowest BCUT2D eigenvalue weighted by molar-refractivity contribution is 0.955. The van der Waals surface area contributed by atoms with E-state index in [4.69, 9.17) is 0 Å². The molecule has 2 heterocycles. The highest BCUT2D eigenvalue weighted by molar-refractivity contribution is 5.89. The lowest BCUT2D eigenvalue weighted by atomic mass is 10.2. The highest BCUT2D eigenvalue weighted by atomic mass is 15.2. The minimum atomic E-state index is 0.601. The van der Waals surface area contributed by atoms with Gasteiger partial charge < -0.3 is 10.6 Å². The zero-order chi connectivity index (χ0) is 14.7. The molecule has 0 spiro atoms. The Bertz CT molecular complexity index is 749. The Morgan fingerprint density at radius 3 is 2.95 bits per heavy atom. The molecule has 6 nitrogen and oxygen atoms in total. The molecule has 2 aromatic heterocycles. The Balaban J connectivity index is 1.97. The van der Waals surface area contributed by atoms with Gasteiger partial charge in [-0.3, -0.25) is 5.10 Å². The number of rotatable bonds is 5. The van der Waals surface area contributed by atoms with E-state index in [2.05, 4.69) is 56.8 Å². The number of anilines is 3. The third-order valence-electron chi connectivity index (χ3n) is 3.12. The number of hydrogen-bond acceptors (Lipinski definition) is 5. The quantitative estimate of drug-likeness (QED) is 0.669. The molecule has 0 bridgehead atoms. The van der Waals surface area contributed by atoms with E-state index in [1.807, 2.05) is 12.1 Å². The molecule has 0 aliphatic rings. The van der Waals surface area contributed by atoms with Crippen molar-refractivity contribution in [1.82, 2.24) is 20.2 Å². The lowest BCUT2D eigenvalue weighted by Gasteiger charge is -2.09. The van der Waals surface area contributed by atoms with Crippen molar-refractivity contribution < 1.29 is 0 Å². The Morgan fingerprint density at radius 1 is 1.24 bits per heavy atom. The Morgan fingerprint density at radius 2 is 2.14 bits per heavy atom. The van der Waals surface area contributed by atoms with Crippen LogP contribution in [-0.4, -0.2) is 26.7 Å². The topological polar surface area (TPSA) is 78.5 Å². The summed E-state index contributed by atoms with van der Waals surface area (Å²) >= 11 is 0. The van der Waals surface area contributed by atoms with Crippen LogP contribution >= 0.6 is 0 Å². The minimum absolute atomic E-state index is 0.601. The molecular weight excluding hydrogens is 264 g/mol. The second kappa shape index (κ2) is 5.78. The second-order valence-electron chi connectivity index (χ2n) is 4.95. The maximum atomic E-state index is 4.54. The van der Waals surface area contributed by atoms with Crippen LogP contribution < -0.4 is 10.6 Å². The Hall–Kier alpha value is -2.63. The van der Waals surface area contributed by atoms with Gasteiger partial charge in [-0.05, 0) is 31.0 Å². The molecule has 3 rings (SSSR count). The van der Waals surface area contributed by atoms with Gasteiger partial charge in [-0.15, -0.1) is 0 Å². The molecule has 0 saturated carbocycles. The molecule has 108 valence electrons. The summed E-state index contributed by atoms with van der Waals surface area (Å²) < 4.78 is 0. The van der Waals surface area contributed by atoms with Crippen molar-refractivity contribution >= 4 is 28.5 Å². The van der Waals surface area contributed by atoms with Gasteiger partial charge in [0.05, 0.1) is 11.6 Å². The Kier molecular flexibility index (Phi) is 3.68. The predicted molar refractivity (Wildman–Crippen MR) is 84.9 cm³/mol. The third kappa shape index (κ3) is 2.94. The van der Waals surface area contributed by atoms with Gasteiger partial charge in [0.1, 0.15) is 5.82 Å². The molecule has 0 amide bonds. The second-order valence-corrected chi connectivity index (χ2v) is 4.95. The summed E-state index contributed by atoms with van der Waals surface area (Å²) in [5.74, 6) is 1.35. The van der Waals surface area contributed by atoms with Crippen LogP contribution in [0.3, 0.4) is 0 Å². The normalized spacial score (nSPS) is 10.8. The van der Waals surface area contributed by atoms with Crippen molar-refractivity contribution in [2.75, 3.05) is 17.2 Å². The maximum absolute atomic E-state index is 4.54. The van der Waals surface area contributed by atoms with E-state index >= 15 is 0 Å². The van der Waals surface area contributed by atoms with E-state index in [-0.39, 0.29) is 0 Å². The first-order chi connectivity index (χ1) is 10.3. The van der Waals surface area contributed by atoms with Gasteiger partial charge >= 0.3 is 0 Å². The van der Waals surface area contributed by atoms with Gasteiger partial charge in [0.25, 0.3) is 0 Å². The first-order valence-electron chi connectivity index (χ1n) is 7.05. The molecular formula is C15H18N6. The van der Waals surface area contributed by atoms with Crippen LogP contribution in [-0.2, 0) is 0 Å². The van der Waals surface area contributed by atoms with Crippen molar-refractivity contribution in [2.45, 2.75) is 20.3 Å². The molecule has 0 unspecified atom stereocenters. The summed E-state index contributed by atoms with van der Waals surface area (Å²) in [6, 6.07) is 8.17. The van der Waals surface area contributed by atoms with Crippen LogP contribution in [0.5, 0.6) is 0 Å². The number of aromatic nitrogens is 4. The standard InChI is InChI=1S/C15H18N6/c1-3-7-16-15-19-13(12-9-17-21-14(12)20-15)18-11-6-4-5-10(2)8-11/h4-6,8-9H,3,7H2,1-2H3,(H3,16,17,18,19,20,21). The summed E-state index contributed by atoms with van der Waals surface area (Å²) in [5, 5.41) is 14.4. The van der Waals surface area contributed by atoms with Crippen molar-refractivity contribution in [1.29, 1.82) is 0 Å². The Labute approximate surface area is 123 Å². The highest BCUT2D eigenvalue weighted by Gasteiger charge is 2.09. The molecule has 0 aliphatic heterocycles. The number of aromatic amines is 1. The fourth-order valence-corrected chi connectivity index (χ4v) is 2.11. The number of benzene rings is 1. The van der Waals surface area contributed by atoms with Crippen LogP contribution in [0.25, 0.3) is 11.0 Å². The average molecular weight is 282 g/mol. The molecule has 3 N–H and O–H groups in total. The molecule has 0 fully saturated rings. The van der Waals surface area contributed by atoms with Crippen LogP contribution in [0.4, 0.5) is 17.5 Å². The molecule has 0 radical (unpaired) electrons. The van der Waals surface area contributed by atoms with Crippen molar-refractivity contribution in [2.24, 2.45) is 0 Å². The zero-order valence-electron chi connectivity index (χ0n) is 12.1. The van der Waals surface area contributed by atoms with Gasteiger partial charge in [-0.1, -0.05) is 19.1 Å². The van der Waals surface area contributed by atoms with Crippen molar-refractivity contribution in [3.63, 3.8) is 0 Å². The SMILES string of the molecule is CCCNc1nc(Nc2cccc(C)c2)c2cn[nH]c2n1. The fourth-order valence-electron chi connectivity index (χ4n) is 2.11. The zero-order valence-corrected chi connectivity index (χ0v) is 12.1. The predicted octanol–water partition coefficient (Wildman–Crippen LogP) is 3.23. The van der Waals surface area contributed by atoms with Gasteiger partial charge in [-0.25, -0.2) is 0 Å². The molecule has 1 aromatic carbocycles. The minimum Gasteiger partial charge on any atom is -0.354 e. The van der Waals surface area contributed by atoms with Gasteiger partial charge in [-0.2, -0.15) is 15.1 Å². The average Bonchev–Trinajstić information content (AvgIpc) is 2.94. The number of fused-ring (bicyclic) bond motifs is 1. The van der Waals surface area contributed by atoms with Gasteiger partial charge in [0.15, 0.2) is 5.65 Å². The molecule has 0 saturated heterocycles. The number of aryl methyl sites for hydroxylation is 1. The summed E-state index contributed by atoms with van der Waals surface area (Å²) in [6.07, 6.45) is 2.75. The fraction of sp³-hybridized carbons (Fsp3) is 0.267. The molecule has 3 aromatic rings. The largest absolute Gasteiger partial charge is 0.354 e. The van der Waals surface area contributed by atoms with Crippen LogP contribution in [0, 0.1) is 6.92 Å². The van der Waals surface area contributed by atoms with Crippen molar-refractivity contribution in [3.05, 3.63) is 36.0 Å². The smallest absolute Gasteiger partial charge is 0.226 e. The van der Waals surface area contributed by atoms with Crippen LogP contribution in [0.1, 0.15) is 18.9 Å². The van der Waals surface area contributed by atoms with E-state index in [9.17, 15) is 0 Å². The van der Waals surface area contributed by atoms with E-state index < -0.39 is 0 Å². The first kappa shape index (κ1) is 13.4. The summed E-state index contributed by atoms with van der Waals surface area (Å²) in [7, 11) is 0. The van der Waals surface area contributed by atoms with E-state index in [1.54, 1.807) is 6.20 Å². The van der Waals surface area contributed by atoms with Crippen LogP contribution in [0.2, 0.25) is 0 Å². The highest BCUT2D eigenvalue weighted by Crippen LogP contribution is 2.24. The van der Waals surface area contributed by atoms with Crippen molar-refractivity contribution in [3.8, 4) is 0 Å². The number of nitrogens with zero attached hydrogens (tertiary/aromatic N) is 3. The number of H-pyrrole nitrogens is 1. The maximum Gasteiger partial charge on any atom is 0.226 e. The molecule has 0 atom stereocenters. The van der Waals surface area contributed by atoms with Crippen LogP contribution in [0.15, 0.2) is 30.5 Å². The van der Waals surface area contributed by atoms with Gasteiger partial charge in [0, 0.05) is 12.2 Å². The van der Waals surface area contributed by atoms with E-state index in [0.29, 0.717) is 5.95 Å². The molecule has 0 aliphatic carbocycles. The third-order valence-corrected chi connectivity index (χ3v) is 3.12. The number of nitrogens with one attached hydrogen (secondary N) is 3.